The summed E-state index contributed by atoms with van der Waals surface area (Å²) < 4.78 is 14.2. The lowest BCUT2D eigenvalue weighted by Gasteiger charge is -2.30. The van der Waals surface area contributed by atoms with Crippen LogP contribution in [0, 0.1) is 0 Å². The second kappa shape index (κ2) is 9.22. The topological polar surface area (TPSA) is 52.8 Å². The van der Waals surface area contributed by atoms with E-state index in [9.17, 15) is 4.79 Å². The third kappa shape index (κ3) is 3.83. The normalized spacial score (nSPS) is 16.6. The number of hydrogen-bond donors (Lipinski definition) is 0. The monoisotopic (exact) mass is 558 g/mol. The number of allylic oxidation sites excluding steroid dienone is 1. The molecule has 0 bridgehead atoms. The van der Waals surface area contributed by atoms with Crippen LogP contribution in [0.2, 0.25) is 0 Å². The summed E-state index contributed by atoms with van der Waals surface area (Å²) >= 11 is 5.03. The van der Waals surface area contributed by atoms with Crippen LogP contribution in [0.1, 0.15) is 34.7 Å². The van der Waals surface area contributed by atoms with Gasteiger partial charge in [-0.3, -0.25) is 9.36 Å². The smallest absolute Gasteiger partial charge is 0.271 e. The number of ether oxygens (including phenoxy) is 2. The Kier molecular flexibility index (Phi) is 5.90. The first-order valence-electron chi connectivity index (χ1n) is 11.7. The summed E-state index contributed by atoms with van der Waals surface area (Å²) in [6.45, 7) is 0. The number of hydrogen-bond acceptors (Lipinski definition) is 5. The van der Waals surface area contributed by atoms with Crippen molar-refractivity contribution in [2.75, 3.05) is 14.2 Å². The maximum Gasteiger partial charge on any atom is 0.271 e. The molecule has 0 radical (unpaired) electrons. The fourth-order valence-electron chi connectivity index (χ4n) is 5.01. The number of aromatic nitrogens is 1. The predicted octanol–water partition coefficient (Wildman–Crippen LogP) is 5.10. The number of halogens is 1. The van der Waals surface area contributed by atoms with Gasteiger partial charge in [0.25, 0.3) is 5.56 Å². The number of methoxy groups -OCH3 is 2. The molecular weight excluding hydrogens is 536 g/mol. The minimum Gasteiger partial charge on any atom is -0.497 e. The lowest BCUT2D eigenvalue weighted by Crippen LogP contribution is -2.38. The summed E-state index contributed by atoms with van der Waals surface area (Å²) in [4.78, 5) is 19.7. The largest absolute Gasteiger partial charge is 0.497 e. The Bertz CT molecular complexity index is 1700. The molecule has 180 valence electrons. The molecule has 0 unspecified atom stereocenters. The molecule has 1 aromatic heterocycles. The van der Waals surface area contributed by atoms with E-state index in [4.69, 9.17) is 14.5 Å². The Hall–Kier alpha value is -3.42. The molecule has 7 heteroatoms. The SMILES string of the molecule is COc1ccc([C@H]2C3=C(N=c4s/c(=C\c5cc(OC)ccc5Br)c(=O)n42)c2ccccc2CC3)cc1. The number of benzene rings is 3. The van der Waals surface area contributed by atoms with Crippen molar-refractivity contribution >= 4 is 39.0 Å². The Morgan fingerprint density at radius 2 is 1.75 bits per heavy atom. The van der Waals surface area contributed by atoms with Crippen molar-refractivity contribution in [1.29, 1.82) is 0 Å². The first-order valence-corrected chi connectivity index (χ1v) is 13.3. The number of thiazole rings is 1. The summed E-state index contributed by atoms with van der Waals surface area (Å²) in [6, 6.07) is 22.0. The van der Waals surface area contributed by atoms with Gasteiger partial charge in [-0.25, -0.2) is 4.99 Å². The van der Waals surface area contributed by atoms with Gasteiger partial charge in [0.1, 0.15) is 11.5 Å². The molecule has 2 aliphatic rings. The van der Waals surface area contributed by atoms with E-state index in [1.165, 1.54) is 22.5 Å². The second-order valence-electron chi connectivity index (χ2n) is 8.77. The van der Waals surface area contributed by atoms with E-state index in [0.29, 0.717) is 9.33 Å². The van der Waals surface area contributed by atoms with Gasteiger partial charge >= 0.3 is 0 Å². The van der Waals surface area contributed by atoms with E-state index in [2.05, 4.69) is 52.3 Å². The molecule has 4 aromatic rings. The van der Waals surface area contributed by atoms with E-state index in [1.54, 1.807) is 14.2 Å². The van der Waals surface area contributed by atoms with Gasteiger partial charge in [0.05, 0.1) is 30.5 Å². The molecule has 0 N–H and O–H groups in total. The zero-order valence-electron chi connectivity index (χ0n) is 19.8. The van der Waals surface area contributed by atoms with Crippen LogP contribution < -0.4 is 24.4 Å². The third-order valence-corrected chi connectivity index (χ3v) is 8.50. The first kappa shape index (κ1) is 23.0. The summed E-state index contributed by atoms with van der Waals surface area (Å²) in [5, 5.41) is 0. The maximum absolute atomic E-state index is 13.9. The van der Waals surface area contributed by atoms with Gasteiger partial charge in [-0.2, -0.15) is 0 Å². The van der Waals surface area contributed by atoms with Crippen molar-refractivity contribution < 1.29 is 9.47 Å². The summed E-state index contributed by atoms with van der Waals surface area (Å²) in [5.74, 6) is 1.53. The van der Waals surface area contributed by atoms with E-state index >= 15 is 0 Å². The summed E-state index contributed by atoms with van der Waals surface area (Å²) in [5.41, 5.74) is 6.52. The third-order valence-electron chi connectivity index (χ3n) is 6.79. The molecule has 1 aliphatic carbocycles. The Balaban J connectivity index is 1.61. The Morgan fingerprint density at radius 3 is 2.53 bits per heavy atom. The molecule has 0 fully saturated rings. The fourth-order valence-corrected chi connectivity index (χ4v) is 6.36. The van der Waals surface area contributed by atoms with Crippen molar-refractivity contribution in [3.05, 3.63) is 119 Å². The van der Waals surface area contributed by atoms with Crippen LogP contribution >= 0.6 is 27.3 Å². The van der Waals surface area contributed by atoms with Crippen molar-refractivity contribution in [1.82, 2.24) is 4.57 Å². The molecule has 1 aliphatic heterocycles. The molecule has 0 amide bonds. The van der Waals surface area contributed by atoms with Gasteiger partial charge in [0, 0.05) is 10.0 Å². The van der Waals surface area contributed by atoms with Gasteiger partial charge in [-0.1, -0.05) is 63.7 Å². The van der Waals surface area contributed by atoms with Crippen LogP contribution in [-0.4, -0.2) is 18.8 Å². The predicted molar refractivity (Wildman–Crippen MR) is 146 cm³/mol. The standard InChI is InChI=1S/C29H23BrN2O3S/c1-34-20-10-7-18(8-11-20)27-23-13-9-17-5-3-4-6-22(17)26(23)31-29-32(27)28(33)25(36-29)16-19-15-21(35-2)12-14-24(19)30/h3-8,10-12,14-16,27H,9,13H2,1-2H3/b25-16-/t27-/m0/s1. The van der Waals surface area contributed by atoms with Crippen LogP contribution in [0.3, 0.4) is 0 Å². The highest BCUT2D eigenvalue weighted by Crippen LogP contribution is 2.41. The zero-order chi connectivity index (χ0) is 24.8. The van der Waals surface area contributed by atoms with E-state index in [-0.39, 0.29) is 11.6 Å². The van der Waals surface area contributed by atoms with Crippen LogP contribution in [0.4, 0.5) is 0 Å². The zero-order valence-corrected chi connectivity index (χ0v) is 22.2. The average Bonchev–Trinajstić information content (AvgIpc) is 3.23. The molecule has 0 saturated heterocycles. The Morgan fingerprint density at radius 1 is 1.00 bits per heavy atom. The molecular formula is C29H23BrN2O3S. The molecule has 36 heavy (non-hydrogen) atoms. The van der Waals surface area contributed by atoms with E-state index < -0.39 is 0 Å². The van der Waals surface area contributed by atoms with Gasteiger partial charge in [0.15, 0.2) is 4.80 Å². The van der Waals surface area contributed by atoms with Crippen molar-refractivity contribution in [2.24, 2.45) is 4.99 Å². The van der Waals surface area contributed by atoms with Crippen LogP contribution in [-0.2, 0) is 6.42 Å². The Labute approximate surface area is 220 Å². The number of fused-ring (bicyclic) bond motifs is 3. The quantitative estimate of drug-likeness (QED) is 0.350. The lowest BCUT2D eigenvalue weighted by atomic mass is 9.83. The molecule has 3 aromatic carbocycles. The highest BCUT2D eigenvalue weighted by molar-refractivity contribution is 9.10. The van der Waals surface area contributed by atoms with Gasteiger partial charge in [0.2, 0.25) is 0 Å². The molecule has 1 atom stereocenters. The van der Waals surface area contributed by atoms with Crippen LogP contribution in [0.5, 0.6) is 11.5 Å². The molecule has 0 saturated carbocycles. The highest BCUT2D eigenvalue weighted by Gasteiger charge is 2.32. The summed E-state index contributed by atoms with van der Waals surface area (Å²) in [7, 11) is 3.30. The minimum atomic E-state index is -0.216. The van der Waals surface area contributed by atoms with Gasteiger partial charge in [-0.05, 0) is 71.5 Å². The molecule has 6 rings (SSSR count). The van der Waals surface area contributed by atoms with E-state index in [1.807, 2.05) is 41.0 Å². The lowest BCUT2D eigenvalue weighted by molar-refractivity contribution is 0.414. The number of rotatable bonds is 4. The number of aryl methyl sites for hydroxylation is 1. The van der Waals surface area contributed by atoms with Crippen molar-refractivity contribution in [3.8, 4) is 11.5 Å². The summed E-state index contributed by atoms with van der Waals surface area (Å²) in [6.07, 6.45) is 3.70. The first-order chi connectivity index (χ1) is 17.6. The number of nitrogens with zero attached hydrogens (tertiary/aromatic N) is 2. The molecule has 2 heterocycles. The van der Waals surface area contributed by atoms with Crippen molar-refractivity contribution in [2.45, 2.75) is 18.9 Å². The fraction of sp³-hybridized carbons (Fsp3) is 0.172. The minimum absolute atomic E-state index is 0.0419. The van der Waals surface area contributed by atoms with Crippen LogP contribution in [0.25, 0.3) is 11.8 Å². The van der Waals surface area contributed by atoms with Crippen LogP contribution in [0.15, 0.2) is 86.6 Å². The second-order valence-corrected chi connectivity index (χ2v) is 10.6. The average molecular weight is 559 g/mol. The van der Waals surface area contributed by atoms with Gasteiger partial charge < -0.3 is 9.47 Å². The van der Waals surface area contributed by atoms with Gasteiger partial charge in [-0.15, -0.1) is 0 Å². The molecule has 5 nitrogen and oxygen atoms in total. The van der Waals surface area contributed by atoms with E-state index in [0.717, 1.165) is 51.2 Å². The highest BCUT2D eigenvalue weighted by atomic mass is 79.9. The van der Waals surface area contributed by atoms with Crippen molar-refractivity contribution in [3.63, 3.8) is 0 Å². The maximum atomic E-state index is 13.9. The molecule has 0 spiro atoms.